The van der Waals surface area contributed by atoms with Crippen molar-refractivity contribution < 1.29 is 0 Å². The molecule has 0 aromatic heterocycles. The molecule has 0 saturated heterocycles. The smallest absolute Gasteiger partial charge is 0.149 e. The Morgan fingerprint density at radius 3 is 0.619 bits per heavy atom. The van der Waals surface area contributed by atoms with Gasteiger partial charge in [-0.25, -0.2) is 0 Å². The SMILES string of the molecule is Cc1ccc(N2c3cccc4c3[SiH]3c5c2cccc5N(c2ccc(C)cc2)c2c3c(cc3c5c6c(cc23)N(c2ccc(C)cc2)c2cccc3c2[SiH]6c2c(cccc2N5c2ccc(C)cc2)N3c2ccc(C)cc2)N4c2ccc(C)cc2)cc1. The molecule has 6 aliphatic rings. The Morgan fingerprint density at radius 2 is 0.393 bits per heavy atom. The van der Waals surface area contributed by atoms with Gasteiger partial charge in [-0.2, -0.15) is 0 Å². The van der Waals surface area contributed by atoms with Crippen molar-refractivity contribution >= 4 is 162 Å². The van der Waals surface area contributed by atoms with Crippen LogP contribution < -0.4 is 60.5 Å². The molecule has 0 fully saturated rings. The highest BCUT2D eigenvalue weighted by Gasteiger charge is 2.52. The van der Waals surface area contributed by atoms with E-state index in [0.717, 1.165) is 22.7 Å². The van der Waals surface area contributed by atoms with Crippen LogP contribution in [0.5, 0.6) is 0 Å². The molecule has 0 spiro atoms. The first-order chi connectivity index (χ1) is 41.2. The lowest BCUT2D eigenvalue weighted by Gasteiger charge is -2.51. The Hall–Kier alpha value is -9.87. The largest absolute Gasteiger partial charge is 0.311 e. The van der Waals surface area contributed by atoms with Crippen LogP contribution in [0.4, 0.5) is 102 Å². The first-order valence-electron chi connectivity index (χ1n) is 29.6. The lowest BCUT2D eigenvalue weighted by molar-refractivity contribution is 1.21. The van der Waals surface area contributed by atoms with E-state index in [4.69, 9.17) is 0 Å². The van der Waals surface area contributed by atoms with Gasteiger partial charge in [0.2, 0.25) is 0 Å². The highest BCUT2D eigenvalue weighted by molar-refractivity contribution is 7.04. The molecule has 84 heavy (non-hydrogen) atoms. The quantitative estimate of drug-likeness (QED) is 0.154. The van der Waals surface area contributed by atoms with Gasteiger partial charge in [0.1, 0.15) is 17.6 Å². The predicted molar refractivity (Wildman–Crippen MR) is 360 cm³/mol. The molecular formula is C76H58N6Si2. The molecule has 6 nitrogen and oxygen atoms in total. The minimum absolute atomic E-state index is 1.16. The van der Waals surface area contributed by atoms with E-state index < -0.39 is 17.6 Å². The van der Waals surface area contributed by atoms with E-state index in [-0.39, 0.29) is 0 Å². The van der Waals surface area contributed by atoms with E-state index in [2.05, 4.69) is 301 Å². The summed E-state index contributed by atoms with van der Waals surface area (Å²) >= 11 is 0. The lowest BCUT2D eigenvalue weighted by atomic mass is 9.96. The predicted octanol–water partition coefficient (Wildman–Crippen LogP) is 15.9. The van der Waals surface area contributed by atoms with Gasteiger partial charge in [0.15, 0.2) is 0 Å². The summed E-state index contributed by atoms with van der Waals surface area (Å²) < 4.78 is 0. The number of aryl methyl sites for hydroxylation is 6. The standard InChI is InChI=1S/C76H58N6Si2/c1-45-19-31-51(32-20-45)77-59-11-7-15-63-71(59)83-73-61(77)13-9-17-65(73)81(55-39-27-49(5)28-40-55)69-57-44-68-76-70(58(57)43-67(75(69)83)79(63)53-35-23-47(3)24-36-53)82(56-41-29-50(6)30-42-56)66-18-10-14-62-74(66)84(76)72-60(78(62)52-33-21-46(2)22-34-52)12-8-16-64(72)80(68)54-37-25-48(4)26-38-54/h7-44,83-84H,1-6H3. The molecule has 8 heteroatoms. The summed E-state index contributed by atoms with van der Waals surface area (Å²) in [5.74, 6) is 0. The van der Waals surface area contributed by atoms with Crippen LogP contribution in [0.2, 0.25) is 0 Å². The van der Waals surface area contributed by atoms with Gasteiger partial charge >= 0.3 is 0 Å². The van der Waals surface area contributed by atoms with Gasteiger partial charge in [-0.15, -0.1) is 0 Å². The second kappa shape index (κ2) is 17.3. The highest BCUT2D eigenvalue weighted by atomic mass is 28.3. The fraction of sp³-hybridized carbons (Fsp3) is 0.0789. The Bertz CT molecular complexity index is 4460. The van der Waals surface area contributed by atoms with Crippen LogP contribution >= 0.6 is 0 Å². The zero-order valence-corrected chi connectivity index (χ0v) is 50.1. The minimum Gasteiger partial charge on any atom is -0.311 e. The van der Waals surface area contributed by atoms with Crippen molar-refractivity contribution in [1.82, 2.24) is 0 Å². The van der Waals surface area contributed by atoms with Crippen LogP contribution in [0.1, 0.15) is 33.4 Å². The van der Waals surface area contributed by atoms with E-state index in [0.29, 0.717) is 0 Å². The van der Waals surface area contributed by atoms with Crippen LogP contribution in [0.25, 0.3) is 10.8 Å². The molecule has 12 aromatic carbocycles. The van der Waals surface area contributed by atoms with Crippen molar-refractivity contribution in [2.75, 3.05) is 29.4 Å². The monoisotopic (exact) mass is 1110 g/mol. The maximum atomic E-state index is 2.69. The van der Waals surface area contributed by atoms with Crippen molar-refractivity contribution in [3.05, 3.63) is 264 Å². The minimum atomic E-state index is -2.36. The van der Waals surface area contributed by atoms with Crippen molar-refractivity contribution in [3.63, 3.8) is 0 Å². The van der Waals surface area contributed by atoms with Crippen LogP contribution in [0, 0.1) is 41.5 Å². The third kappa shape index (κ3) is 6.44. The fourth-order valence-electron chi connectivity index (χ4n) is 15.3. The fourth-order valence-corrected chi connectivity index (χ4v) is 23.3. The molecule has 0 amide bonds. The highest BCUT2D eigenvalue weighted by Crippen LogP contribution is 2.57. The molecule has 6 heterocycles. The van der Waals surface area contributed by atoms with Crippen molar-refractivity contribution in [3.8, 4) is 0 Å². The summed E-state index contributed by atoms with van der Waals surface area (Å²) in [7, 11) is -4.72. The first kappa shape index (κ1) is 47.7. The summed E-state index contributed by atoms with van der Waals surface area (Å²) in [6.07, 6.45) is 0. The number of hydrogen-bond donors (Lipinski definition) is 0. The molecule has 12 aromatic rings. The number of anilines is 18. The molecule has 0 N–H and O–H groups in total. The average molecular weight is 1110 g/mol. The summed E-state index contributed by atoms with van der Waals surface area (Å²) in [5, 5.41) is 11.3. The summed E-state index contributed by atoms with van der Waals surface area (Å²) in [4.78, 5) is 15.8. The number of hydrogen-bond acceptors (Lipinski definition) is 6. The lowest BCUT2D eigenvalue weighted by Crippen LogP contribution is -2.65. The molecule has 0 radical (unpaired) electrons. The maximum Gasteiger partial charge on any atom is 0.149 e. The van der Waals surface area contributed by atoms with E-state index in [9.17, 15) is 0 Å². The van der Waals surface area contributed by atoms with Crippen LogP contribution in [0.3, 0.4) is 0 Å². The van der Waals surface area contributed by atoms with E-state index in [1.807, 2.05) is 0 Å². The molecule has 0 aliphatic carbocycles. The van der Waals surface area contributed by atoms with Crippen LogP contribution in [-0.2, 0) is 0 Å². The molecule has 18 rings (SSSR count). The molecule has 0 saturated carbocycles. The van der Waals surface area contributed by atoms with Crippen molar-refractivity contribution in [2.24, 2.45) is 0 Å². The third-order valence-electron chi connectivity index (χ3n) is 19.0. The number of nitrogens with zero attached hydrogens (tertiary/aromatic N) is 6. The van der Waals surface area contributed by atoms with E-state index >= 15 is 0 Å². The third-order valence-corrected chi connectivity index (χ3v) is 26.0. The van der Waals surface area contributed by atoms with Gasteiger partial charge in [-0.1, -0.05) is 130 Å². The Balaban J connectivity index is 1.04. The Kier molecular flexibility index (Phi) is 9.86. The molecule has 2 unspecified atom stereocenters. The molecule has 6 aliphatic heterocycles. The van der Waals surface area contributed by atoms with Gasteiger partial charge in [0.25, 0.3) is 0 Å². The topological polar surface area (TPSA) is 19.4 Å². The van der Waals surface area contributed by atoms with Gasteiger partial charge in [0, 0.05) is 102 Å². The second-order valence-electron chi connectivity index (χ2n) is 24.1. The summed E-state index contributed by atoms with van der Waals surface area (Å²) in [5.41, 5.74) is 29.7. The molecule has 400 valence electrons. The van der Waals surface area contributed by atoms with Gasteiger partial charge in [0.05, 0.1) is 11.4 Å². The van der Waals surface area contributed by atoms with Crippen LogP contribution in [-0.4, -0.2) is 17.6 Å². The Morgan fingerprint density at radius 1 is 0.202 bits per heavy atom. The number of rotatable bonds is 6. The zero-order chi connectivity index (χ0) is 56.0. The maximum absolute atomic E-state index is 2.69. The van der Waals surface area contributed by atoms with Crippen molar-refractivity contribution in [1.29, 1.82) is 0 Å². The average Bonchev–Trinajstić information content (AvgIpc) is 0.994. The van der Waals surface area contributed by atoms with Crippen molar-refractivity contribution in [2.45, 2.75) is 41.5 Å². The van der Waals surface area contributed by atoms with Gasteiger partial charge < -0.3 is 29.4 Å². The number of fused-ring (bicyclic) bond motifs is 3. The first-order valence-corrected chi connectivity index (χ1v) is 33.0. The van der Waals surface area contributed by atoms with Gasteiger partial charge in [-0.05, 0) is 206 Å². The second-order valence-corrected chi connectivity index (χ2v) is 29.3. The normalized spacial score (nSPS) is 15.8. The van der Waals surface area contributed by atoms with E-state index in [1.54, 1.807) is 0 Å². The van der Waals surface area contributed by atoms with E-state index in [1.165, 1.54) is 155 Å². The van der Waals surface area contributed by atoms with Gasteiger partial charge in [-0.3, -0.25) is 0 Å². The Labute approximate surface area is 493 Å². The number of benzene rings is 12. The molecule has 0 bridgehead atoms. The zero-order valence-electron chi connectivity index (χ0n) is 47.8. The molecular weight excluding hydrogens is 1050 g/mol. The summed E-state index contributed by atoms with van der Waals surface area (Å²) in [6.45, 7) is 13.2. The molecule has 2 atom stereocenters. The van der Waals surface area contributed by atoms with Crippen LogP contribution in [0.15, 0.2) is 231 Å². The summed E-state index contributed by atoms with van der Waals surface area (Å²) in [6, 6.07) is 89.5.